The van der Waals surface area contributed by atoms with Crippen LogP contribution < -0.4 is 10.1 Å². The van der Waals surface area contributed by atoms with E-state index in [-0.39, 0.29) is 17.3 Å². The number of imide groups is 1. The summed E-state index contributed by atoms with van der Waals surface area (Å²) < 4.78 is 20.2. The molecule has 3 amide bonds. The molecule has 0 aliphatic carbocycles. The van der Waals surface area contributed by atoms with Crippen molar-refractivity contribution in [3.8, 4) is 5.75 Å². The number of para-hydroxylation sites is 1. The molecule has 1 saturated heterocycles. The first-order valence-corrected chi connectivity index (χ1v) is 11.8. The lowest BCUT2D eigenvalue weighted by atomic mass is 10.2. The molecule has 1 aliphatic heterocycles. The Morgan fingerprint density at radius 3 is 2.62 bits per heavy atom. The first kappa shape index (κ1) is 23.7. The molecular formula is C25H18BrFN2O4S. The van der Waals surface area contributed by atoms with Gasteiger partial charge in [-0.2, -0.15) is 0 Å². The van der Waals surface area contributed by atoms with Crippen LogP contribution in [0.5, 0.6) is 5.75 Å². The lowest BCUT2D eigenvalue weighted by Gasteiger charge is -2.13. The summed E-state index contributed by atoms with van der Waals surface area (Å²) in [6.07, 6.45) is 1.56. The van der Waals surface area contributed by atoms with E-state index in [9.17, 15) is 18.8 Å². The number of carbonyl (C=O) groups is 3. The van der Waals surface area contributed by atoms with Crippen LogP contribution in [0.1, 0.15) is 11.1 Å². The number of nitrogens with one attached hydrogen (secondary N) is 1. The predicted molar refractivity (Wildman–Crippen MR) is 133 cm³/mol. The van der Waals surface area contributed by atoms with Crippen molar-refractivity contribution in [2.75, 3.05) is 11.9 Å². The summed E-state index contributed by atoms with van der Waals surface area (Å²) in [7, 11) is 0. The maximum Gasteiger partial charge on any atom is 0.294 e. The zero-order chi connectivity index (χ0) is 24.1. The van der Waals surface area contributed by atoms with Gasteiger partial charge in [0.05, 0.1) is 10.6 Å². The number of thioether (sulfide) groups is 1. The Morgan fingerprint density at radius 1 is 1.06 bits per heavy atom. The second-order valence-corrected chi connectivity index (χ2v) is 9.10. The molecule has 0 spiro atoms. The van der Waals surface area contributed by atoms with E-state index >= 15 is 0 Å². The summed E-state index contributed by atoms with van der Waals surface area (Å²) in [5.74, 6) is -0.894. The van der Waals surface area contributed by atoms with E-state index < -0.39 is 23.6 Å². The number of rotatable bonds is 7. The summed E-state index contributed by atoms with van der Waals surface area (Å²) in [4.78, 5) is 38.6. The van der Waals surface area contributed by atoms with Crippen molar-refractivity contribution >= 4 is 56.5 Å². The third kappa shape index (κ3) is 5.73. The molecule has 0 atom stereocenters. The first-order valence-electron chi connectivity index (χ1n) is 10.2. The van der Waals surface area contributed by atoms with Gasteiger partial charge in [0.1, 0.15) is 24.7 Å². The van der Waals surface area contributed by atoms with Crippen LogP contribution in [0.4, 0.5) is 14.9 Å². The molecule has 0 bridgehead atoms. The average Bonchev–Trinajstić information content (AvgIpc) is 3.07. The van der Waals surface area contributed by atoms with Crippen molar-refractivity contribution in [1.29, 1.82) is 0 Å². The molecule has 4 rings (SSSR count). The van der Waals surface area contributed by atoms with Gasteiger partial charge in [0.2, 0.25) is 5.91 Å². The highest BCUT2D eigenvalue weighted by Crippen LogP contribution is 2.33. The van der Waals surface area contributed by atoms with Gasteiger partial charge in [-0.05, 0) is 69.7 Å². The number of carbonyl (C=O) groups excluding carboxylic acids is 3. The number of amides is 3. The SMILES string of the molecule is O=C(CN1C(=O)S/C(=C/c2cccc(OCc3ccccc3F)c2)C1=O)Nc1ccccc1Br. The normalized spacial score (nSPS) is 14.5. The topological polar surface area (TPSA) is 75.7 Å². The molecule has 1 aliphatic rings. The third-order valence-electron chi connectivity index (χ3n) is 4.83. The molecule has 0 saturated carbocycles. The lowest BCUT2D eigenvalue weighted by molar-refractivity contribution is -0.127. The van der Waals surface area contributed by atoms with Crippen molar-refractivity contribution < 1.29 is 23.5 Å². The molecule has 6 nitrogen and oxygen atoms in total. The van der Waals surface area contributed by atoms with Crippen LogP contribution in [-0.2, 0) is 16.2 Å². The summed E-state index contributed by atoms with van der Waals surface area (Å²) in [6.45, 7) is -0.339. The Kier molecular flexibility index (Phi) is 7.44. The molecule has 9 heteroatoms. The first-order chi connectivity index (χ1) is 16.4. The smallest absolute Gasteiger partial charge is 0.294 e. The van der Waals surface area contributed by atoms with E-state index in [2.05, 4.69) is 21.2 Å². The minimum absolute atomic E-state index is 0.0548. The number of halogens is 2. The standard InChI is InChI=1S/C25H18BrFN2O4S/c26-19-9-2-4-11-21(19)28-23(30)14-29-24(31)22(34-25(29)32)13-16-6-5-8-18(12-16)33-15-17-7-1-3-10-20(17)27/h1-13H,14-15H2,(H,28,30)/b22-13+. The Hall–Kier alpha value is -3.43. The van der Waals surface area contributed by atoms with Crippen molar-refractivity contribution in [1.82, 2.24) is 4.90 Å². The van der Waals surface area contributed by atoms with Crippen LogP contribution in [-0.4, -0.2) is 28.5 Å². The number of hydrogen-bond acceptors (Lipinski definition) is 5. The zero-order valence-corrected chi connectivity index (χ0v) is 20.1. The molecule has 0 unspecified atom stereocenters. The molecule has 3 aromatic carbocycles. The Labute approximate surface area is 207 Å². The molecular weight excluding hydrogens is 523 g/mol. The van der Waals surface area contributed by atoms with E-state index in [1.807, 2.05) is 0 Å². The van der Waals surface area contributed by atoms with Crippen LogP contribution in [0.3, 0.4) is 0 Å². The fraction of sp³-hybridized carbons (Fsp3) is 0.0800. The number of nitrogens with zero attached hydrogens (tertiary/aromatic N) is 1. The van der Waals surface area contributed by atoms with Gasteiger partial charge < -0.3 is 10.1 Å². The van der Waals surface area contributed by atoms with Gasteiger partial charge >= 0.3 is 0 Å². The van der Waals surface area contributed by atoms with E-state index in [0.717, 1.165) is 16.7 Å². The minimum Gasteiger partial charge on any atom is -0.489 e. The quantitative estimate of drug-likeness (QED) is 0.381. The van der Waals surface area contributed by atoms with E-state index in [1.54, 1.807) is 72.8 Å². The summed E-state index contributed by atoms with van der Waals surface area (Å²) in [5, 5.41) is 2.16. The van der Waals surface area contributed by atoms with Crippen molar-refractivity contribution in [2.45, 2.75) is 6.61 Å². The third-order valence-corrected chi connectivity index (χ3v) is 6.43. The van der Waals surface area contributed by atoms with E-state index in [1.165, 1.54) is 6.07 Å². The van der Waals surface area contributed by atoms with Crippen LogP contribution in [0.2, 0.25) is 0 Å². The van der Waals surface area contributed by atoms with Crippen molar-refractivity contribution in [3.63, 3.8) is 0 Å². The zero-order valence-electron chi connectivity index (χ0n) is 17.7. The van der Waals surface area contributed by atoms with Gasteiger partial charge in [-0.1, -0.05) is 42.5 Å². The number of hydrogen-bond donors (Lipinski definition) is 1. The second kappa shape index (κ2) is 10.7. The van der Waals surface area contributed by atoms with E-state index in [4.69, 9.17) is 4.74 Å². The fourth-order valence-corrected chi connectivity index (χ4v) is 4.38. The Morgan fingerprint density at radius 2 is 1.82 bits per heavy atom. The van der Waals surface area contributed by atoms with Gasteiger partial charge in [0, 0.05) is 10.0 Å². The summed E-state index contributed by atoms with van der Waals surface area (Å²) in [6, 6.07) is 20.3. The van der Waals surface area contributed by atoms with Crippen molar-refractivity contribution in [3.05, 3.63) is 99.1 Å². The molecule has 0 aromatic heterocycles. The van der Waals surface area contributed by atoms with Crippen LogP contribution in [0.15, 0.2) is 82.2 Å². The molecule has 34 heavy (non-hydrogen) atoms. The molecule has 1 fully saturated rings. The predicted octanol–water partition coefficient (Wildman–Crippen LogP) is 5.84. The highest BCUT2D eigenvalue weighted by atomic mass is 79.9. The number of benzene rings is 3. The molecule has 1 N–H and O–H groups in total. The fourth-order valence-electron chi connectivity index (χ4n) is 3.15. The Bertz CT molecular complexity index is 1300. The molecule has 0 radical (unpaired) electrons. The molecule has 3 aromatic rings. The monoisotopic (exact) mass is 540 g/mol. The average molecular weight is 541 g/mol. The van der Waals surface area contributed by atoms with Gasteiger partial charge in [0.25, 0.3) is 11.1 Å². The van der Waals surface area contributed by atoms with Gasteiger partial charge in [0.15, 0.2) is 0 Å². The van der Waals surface area contributed by atoms with Crippen LogP contribution in [0.25, 0.3) is 6.08 Å². The highest BCUT2D eigenvalue weighted by molar-refractivity contribution is 9.10. The lowest BCUT2D eigenvalue weighted by Crippen LogP contribution is -2.36. The highest BCUT2D eigenvalue weighted by Gasteiger charge is 2.36. The molecule has 1 heterocycles. The number of anilines is 1. The summed E-state index contributed by atoms with van der Waals surface area (Å²) >= 11 is 4.10. The van der Waals surface area contributed by atoms with Gasteiger partial charge in [-0.3, -0.25) is 19.3 Å². The Balaban J connectivity index is 1.41. The largest absolute Gasteiger partial charge is 0.489 e. The summed E-state index contributed by atoms with van der Waals surface area (Å²) in [5.41, 5.74) is 1.60. The van der Waals surface area contributed by atoms with Gasteiger partial charge in [-0.15, -0.1) is 0 Å². The maximum absolute atomic E-state index is 13.8. The van der Waals surface area contributed by atoms with Gasteiger partial charge in [-0.25, -0.2) is 4.39 Å². The minimum atomic E-state index is -0.546. The molecule has 172 valence electrons. The van der Waals surface area contributed by atoms with Crippen LogP contribution >= 0.6 is 27.7 Å². The number of ether oxygens (including phenoxy) is 1. The maximum atomic E-state index is 13.8. The van der Waals surface area contributed by atoms with Crippen LogP contribution in [0, 0.1) is 5.82 Å². The van der Waals surface area contributed by atoms with Crippen molar-refractivity contribution in [2.24, 2.45) is 0 Å². The van der Waals surface area contributed by atoms with E-state index in [0.29, 0.717) is 27.0 Å². The second-order valence-electron chi connectivity index (χ2n) is 7.25.